The molecule has 0 amide bonds. The summed E-state index contributed by atoms with van der Waals surface area (Å²) in [4.78, 5) is 0. The van der Waals surface area contributed by atoms with Gasteiger partial charge in [-0.05, 0) is 43.4 Å². The highest BCUT2D eigenvalue weighted by Gasteiger charge is 2.28. The molecule has 3 unspecified atom stereocenters. The first-order valence-electron chi connectivity index (χ1n) is 7.30. The number of hydrogen-bond donors (Lipinski definition) is 0. The smallest absolute Gasteiger partial charge is 0.123 e. The average Bonchev–Trinajstić information content (AvgIpc) is 2.63. The molecule has 0 spiro atoms. The van der Waals surface area contributed by atoms with Crippen molar-refractivity contribution in [1.82, 2.24) is 0 Å². The Morgan fingerprint density at radius 1 is 1.26 bits per heavy atom. The van der Waals surface area contributed by atoms with E-state index in [1.807, 2.05) is 0 Å². The summed E-state index contributed by atoms with van der Waals surface area (Å²) in [6.07, 6.45) is 8.15. The molecule has 3 atom stereocenters. The lowest BCUT2D eigenvalue weighted by Crippen LogP contribution is -2.19. The van der Waals surface area contributed by atoms with E-state index in [2.05, 4.69) is 0 Å². The summed E-state index contributed by atoms with van der Waals surface area (Å²) < 4.78 is 19.1. The molecular formula is C16H20ClFO. The third-order valence-corrected chi connectivity index (χ3v) is 4.73. The van der Waals surface area contributed by atoms with Crippen LogP contribution < -0.4 is 4.74 Å². The first kappa shape index (κ1) is 13.2. The van der Waals surface area contributed by atoms with Gasteiger partial charge in [0.15, 0.2) is 0 Å². The minimum Gasteiger partial charge on any atom is -0.490 e. The second kappa shape index (κ2) is 5.70. The highest BCUT2D eigenvalue weighted by atomic mass is 35.5. The topological polar surface area (TPSA) is 9.23 Å². The molecule has 1 aliphatic heterocycles. The number of fused-ring (bicyclic) bond motifs is 1. The molecule has 1 aromatic rings. The van der Waals surface area contributed by atoms with Crippen LogP contribution in [0, 0.1) is 11.7 Å². The van der Waals surface area contributed by atoms with Crippen LogP contribution in [0.5, 0.6) is 5.75 Å². The predicted octanol–water partition coefficient (Wildman–Crippen LogP) is 4.71. The van der Waals surface area contributed by atoms with Gasteiger partial charge in [-0.2, -0.15) is 0 Å². The Morgan fingerprint density at radius 3 is 3.00 bits per heavy atom. The van der Waals surface area contributed by atoms with E-state index in [9.17, 15) is 4.39 Å². The van der Waals surface area contributed by atoms with E-state index >= 15 is 0 Å². The van der Waals surface area contributed by atoms with Crippen molar-refractivity contribution >= 4 is 11.6 Å². The molecule has 1 aromatic carbocycles. The molecule has 19 heavy (non-hydrogen) atoms. The van der Waals surface area contributed by atoms with E-state index in [4.69, 9.17) is 16.3 Å². The number of alkyl halides is 1. The van der Waals surface area contributed by atoms with Gasteiger partial charge >= 0.3 is 0 Å². The fourth-order valence-electron chi connectivity index (χ4n) is 3.40. The lowest BCUT2D eigenvalue weighted by molar-refractivity contribution is 0.187. The summed E-state index contributed by atoms with van der Waals surface area (Å²) in [5, 5.41) is 0.328. The van der Waals surface area contributed by atoms with Crippen LogP contribution in [-0.4, -0.2) is 11.5 Å². The average molecular weight is 283 g/mol. The van der Waals surface area contributed by atoms with Crippen LogP contribution in [0.2, 0.25) is 0 Å². The predicted molar refractivity (Wildman–Crippen MR) is 75.4 cm³/mol. The number of rotatable bonds is 2. The van der Waals surface area contributed by atoms with Crippen LogP contribution in [-0.2, 0) is 6.42 Å². The Morgan fingerprint density at radius 2 is 2.11 bits per heavy atom. The number of halogens is 2. The molecule has 1 saturated carbocycles. The van der Waals surface area contributed by atoms with Gasteiger partial charge < -0.3 is 4.74 Å². The quantitative estimate of drug-likeness (QED) is 0.564. The van der Waals surface area contributed by atoms with Crippen molar-refractivity contribution in [3.63, 3.8) is 0 Å². The largest absolute Gasteiger partial charge is 0.490 e. The molecule has 0 saturated heterocycles. The minimum atomic E-state index is -0.168. The second-order valence-corrected chi connectivity index (χ2v) is 6.53. The van der Waals surface area contributed by atoms with Crippen molar-refractivity contribution in [3.05, 3.63) is 29.6 Å². The van der Waals surface area contributed by atoms with Crippen LogP contribution in [0.15, 0.2) is 18.2 Å². The molecule has 0 bridgehead atoms. The van der Waals surface area contributed by atoms with E-state index in [0.717, 1.165) is 37.0 Å². The van der Waals surface area contributed by atoms with E-state index in [0.29, 0.717) is 11.3 Å². The van der Waals surface area contributed by atoms with Crippen LogP contribution in [0.4, 0.5) is 4.39 Å². The summed E-state index contributed by atoms with van der Waals surface area (Å²) in [6.45, 7) is 0. The molecule has 104 valence electrons. The molecule has 3 heteroatoms. The lowest BCUT2D eigenvalue weighted by atomic mass is 9.92. The zero-order valence-electron chi connectivity index (χ0n) is 11.1. The molecule has 1 fully saturated rings. The first-order chi connectivity index (χ1) is 9.20. The van der Waals surface area contributed by atoms with Gasteiger partial charge in [0.05, 0.1) is 0 Å². The molecule has 2 aliphatic rings. The normalized spacial score (nSPS) is 30.5. The lowest BCUT2D eigenvalue weighted by Gasteiger charge is -2.20. The first-order valence-corrected chi connectivity index (χ1v) is 7.73. The maximum atomic E-state index is 13.2. The third-order valence-electron chi connectivity index (χ3n) is 4.33. The van der Waals surface area contributed by atoms with Crippen LogP contribution in [0.3, 0.4) is 0 Å². The van der Waals surface area contributed by atoms with E-state index < -0.39 is 0 Å². The second-order valence-electron chi connectivity index (χ2n) is 5.92. The van der Waals surface area contributed by atoms with Crippen molar-refractivity contribution in [3.8, 4) is 5.75 Å². The van der Waals surface area contributed by atoms with Gasteiger partial charge in [0.1, 0.15) is 17.7 Å². The highest BCUT2D eigenvalue weighted by molar-refractivity contribution is 6.20. The van der Waals surface area contributed by atoms with Gasteiger partial charge in [0, 0.05) is 17.4 Å². The number of ether oxygens (including phenoxy) is 1. The summed E-state index contributed by atoms with van der Waals surface area (Å²) >= 11 is 6.32. The Labute approximate surface area is 119 Å². The molecule has 1 nitrogen and oxygen atoms in total. The Balaban J connectivity index is 1.60. The summed E-state index contributed by atoms with van der Waals surface area (Å²) in [5.74, 6) is 1.36. The van der Waals surface area contributed by atoms with Crippen molar-refractivity contribution in [2.45, 2.75) is 56.4 Å². The summed E-state index contributed by atoms with van der Waals surface area (Å²) in [7, 11) is 0. The molecule has 1 aliphatic carbocycles. The van der Waals surface area contributed by atoms with Crippen molar-refractivity contribution in [2.24, 2.45) is 5.92 Å². The zero-order chi connectivity index (χ0) is 13.2. The standard InChI is InChI=1S/C16H20ClFO/c17-13-4-2-1-3-11(7-13)8-15-10-12-9-14(18)5-6-16(12)19-15/h5-6,9,11,13,15H,1-4,7-8,10H2. The van der Waals surface area contributed by atoms with E-state index in [-0.39, 0.29) is 11.9 Å². The van der Waals surface area contributed by atoms with Crippen molar-refractivity contribution in [1.29, 1.82) is 0 Å². The van der Waals surface area contributed by atoms with Gasteiger partial charge in [0.25, 0.3) is 0 Å². The number of hydrogen-bond acceptors (Lipinski definition) is 1. The third kappa shape index (κ3) is 3.22. The molecule has 0 aromatic heterocycles. The maximum Gasteiger partial charge on any atom is 0.123 e. The highest BCUT2D eigenvalue weighted by Crippen LogP contribution is 2.35. The Hall–Kier alpha value is -0.760. The molecular weight excluding hydrogens is 263 g/mol. The SMILES string of the molecule is Fc1ccc2c(c1)CC(CC1CCCCC(Cl)C1)O2. The zero-order valence-corrected chi connectivity index (χ0v) is 11.8. The molecule has 0 radical (unpaired) electrons. The minimum absolute atomic E-state index is 0.168. The van der Waals surface area contributed by atoms with Crippen LogP contribution in [0.25, 0.3) is 0 Å². The monoisotopic (exact) mass is 282 g/mol. The maximum absolute atomic E-state index is 13.2. The van der Waals surface area contributed by atoms with E-state index in [1.54, 1.807) is 12.1 Å². The summed E-state index contributed by atoms with van der Waals surface area (Å²) in [6, 6.07) is 4.83. The molecule has 0 N–H and O–H groups in total. The Bertz CT molecular complexity index is 448. The fraction of sp³-hybridized carbons (Fsp3) is 0.625. The van der Waals surface area contributed by atoms with Crippen molar-refractivity contribution in [2.75, 3.05) is 0 Å². The van der Waals surface area contributed by atoms with E-state index in [1.165, 1.54) is 25.3 Å². The molecule has 1 heterocycles. The number of benzene rings is 1. The van der Waals surface area contributed by atoms with Gasteiger partial charge in [0.2, 0.25) is 0 Å². The van der Waals surface area contributed by atoms with Gasteiger partial charge in [-0.1, -0.05) is 19.3 Å². The van der Waals surface area contributed by atoms with Crippen molar-refractivity contribution < 1.29 is 9.13 Å². The van der Waals surface area contributed by atoms with Gasteiger partial charge in [-0.25, -0.2) is 4.39 Å². The van der Waals surface area contributed by atoms with Crippen LogP contribution >= 0.6 is 11.6 Å². The molecule has 3 rings (SSSR count). The van der Waals surface area contributed by atoms with Crippen LogP contribution in [0.1, 0.15) is 44.1 Å². The van der Waals surface area contributed by atoms with Gasteiger partial charge in [-0.15, -0.1) is 11.6 Å². The Kier molecular flexibility index (Phi) is 3.97. The van der Waals surface area contributed by atoms with Gasteiger partial charge in [-0.3, -0.25) is 0 Å². The fourth-order valence-corrected chi connectivity index (χ4v) is 3.81. The summed E-state index contributed by atoms with van der Waals surface area (Å²) in [5.41, 5.74) is 1.01.